The van der Waals surface area contributed by atoms with Crippen molar-refractivity contribution in [2.24, 2.45) is 5.41 Å². The van der Waals surface area contributed by atoms with E-state index < -0.39 is 0 Å². The van der Waals surface area contributed by atoms with Crippen molar-refractivity contribution in [1.82, 2.24) is 20.1 Å². The number of pyridine rings is 1. The number of amides is 2. The monoisotopic (exact) mass is 331 g/mol. The maximum Gasteiger partial charge on any atom is 0.320 e. The lowest BCUT2D eigenvalue weighted by Crippen LogP contribution is -2.42. The smallest absolute Gasteiger partial charge is 0.320 e. The maximum atomic E-state index is 12.2. The third-order valence-corrected chi connectivity index (χ3v) is 3.41. The van der Waals surface area contributed by atoms with Gasteiger partial charge in [-0.05, 0) is 24.0 Å². The summed E-state index contributed by atoms with van der Waals surface area (Å²) < 4.78 is 1.67. The molecule has 0 aliphatic rings. The van der Waals surface area contributed by atoms with Gasteiger partial charge in [-0.15, -0.1) is 0 Å². The molecule has 7 nitrogen and oxygen atoms in total. The van der Waals surface area contributed by atoms with E-state index in [1.54, 1.807) is 23.1 Å². The molecular weight excluding hydrogens is 306 g/mol. The molecule has 0 aromatic carbocycles. The van der Waals surface area contributed by atoms with Crippen LogP contribution < -0.4 is 10.6 Å². The van der Waals surface area contributed by atoms with Gasteiger partial charge in [0.1, 0.15) is 5.82 Å². The predicted molar refractivity (Wildman–Crippen MR) is 92.7 cm³/mol. The molecule has 0 aliphatic carbocycles. The molecule has 0 saturated carbocycles. The largest absolute Gasteiger partial charge is 0.394 e. The van der Waals surface area contributed by atoms with E-state index in [0.29, 0.717) is 18.8 Å². The number of nitrogens with one attached hydrogen (secondary N) is 2. The van der Waals surface area contributed by atoms with Crippen molar-refractivity contribution in [3.05, 3.63) is 42.4 Å². The zero-order valence-corrected chi connectivity index (χ0v) is 14.4. The number of anilines is 1. The molecule has 0 aliphatic heterocycles. The zero-order valence-electron chi connectivity index (χ0n) is 14.4. The Labute approximate surface area is 142 Å². The Balaban J connectivity index is 1.96. The number of carbonyl (C=O) groups is 1. The molecule has 2 rings (SSSR count). The SMILES string of the molecule is CC(C)(C)CC(CO)NC(=O)Nc1ccnn1Cc1ccccn1. The molecule has 0 fully saturated rings. The van der Waals surface area contributed by atoms with E-state index in [4.69, 9.17) is 0 Å². The van der Waals surface area contributed by atoms with Crippen LogP contribution in [0.25, 0.3) is 0 Å². The summed E-state index contributed by atoms with van der Waals surface area (Å²) in [7, 11) is 0. The van der Waals surface area contributed by atoms with E-state index in [1.165, 1.54) is 0 Å². The van der Waals surface area contributed by atoms with Crippen molar-refractivity contribution in [3.63, 3.8) is 0 Å². The van der Waals surface area contributed by atoms with Crippen LogP contribution in [0.2, 0.25) is 0 Å². The van der Waals surface area contributed by atoms with Crippen molar-refractivity contribution >= 4 is 11.8 Å². The van der Waals surface area contributed by atoms with E-state index in [2.05, 4.69) is 41.5 Å². The molecule has 0 bridgehead atoms. The van der Waals surface area contributed by atoms with Crippen molar-refractivity contribution in [3.8, 4) is 0 Å². The van der Waals surface area contributed by atoms with Gasteiger partial charge in [0.2, 0.25) is 0 Å². The Bertz CT molecular complexity index is 649. The highest BCUT2D eigenvalue weighted by molar-refractivity contribution is 5.88. The molecule has 130 valence electrons. The van der Waals surface area contributed by atoms with Crippen molar-refractivity contribution in [1.29, 1.82) is 0 Å². The highest BCUT2D eigenvalue weighted by atomic mass is 16.3. The fourth-order valence-electron chi connectivity index (χ4n) is 2.45. The third kappa shape index (κ3) is 5.66. The minimum absolute atomic E-state index is 0.0153. The molecule has 1 unspecified atom stereocenters. The lowest BCUT2D eigenvalue weighted by Gasteiger charge is -2.25. The number of hydrogen-bond donors (Lipinski definition) is 3. The van der Waals surface area contributed by atoms with Gasteiger partial charge in [-0.1, -0.05) is 26.8 Å². The van der Waals surface area contributed by atoms with E-state index in [-0.39, 0.29) is 24.1 Å². The van der Waals surface area contributed by atoms with Crippen LogP contribution in [0.5, 0.6) is 0 Å². The van der Waals surface area contributed by atoms with Crippen LogP contribution in [0.4, 0.5) is 10.6 Å². The van der Waals surface area contributed by atoms with Gasteiger partial charge in [-0.2, -0.15) is 5.10 Å². The second-order valence-corrected chi connectivity index (χ2v) is 6.94. The first-order chi connectivity index (χ1) is 11.4. The lowest BCUT2D eigenvalue weighted by molar-refractivity contribution is 0.196. The average molecular weight is 331 g/mol. The number of hydrogen-bond acceptors (Lipinski definition) is 4. The van der Waals surface area contributed by atoms with Gasteiger partial charge in [0.15, 0.2) is 0 Å². The summed E-state index contributed by atoms with van der Waals surface area (Å²) in [4.78, 5) is 16.4. The zero-order chi connectivity index (χ0) is 17.6. The van der Waals surface area contributed by atoms with Gasteiger partial charge in [0.25, 0.3) is 0 Å². The Kier molecular flexibility index (Phi) is 5.92. The highest BCUT2D eigenvalue weighted by Crippen LogP contribution is 2.20. The summed E-state index contributed by atoms with van der Waals surface area (Å²) in [6.07, 6.45) is 4.03. The molecule has 7 heteroatoms. The molecule has 24 heavy (non-hydrogen) atoms. The van der Waals surface area contributed by atoms with E-state index in [0.717, 1.165) is 5.69 Å². The Morgan fingerprint density at radius 3 is 2.71 bits per heavy atom. The van der Waals surface area contributed by atoms with Crippen LogP contribution in [0.3, 0.4) is 0 Å². The fraction of sp³-hybridized carbons (Fsp3) is 0.471. The molecule has 0 saturated heterocycles. The van der Waals surface area contributed by atoms with Crippen LogP contribution in [0.1, 0.15) is 32.9 Å². The van der Waals surface area contributed by atoms with Crippen LogP contribution in [-0.4, -0.2) is 38.6 Å². The average Bonchev–Trinajstić information content (AvgIpc) is 2.93. The van der Waals surface area contributed by atoms with Crippen LogP contribution in [0.15, 0.2) is 36.7 Å². The first-order valence-corrected chi connectivity index (χ1v) is 7.97. The number of carbonyl (C=O) groups excluding carboxylic acids is 1. The van der Waals surface area contributed by atoms with Crippen LogP contribution in [0, 0.1) is 5.41 Å². The van der Waals surface area contributed by atoms with Crippen LogP contribution >= 0.6 is 0 Å². The summed E-state index contributed by atoms with van der Waals surface area (Å²) in [6.45, 7) is 6.57. The number of urea groups is 1. The maximum absolute atomic E-state index is 12.2. The van der Waals surface area contributed by atoms with E-state index in [1.807, 2.05) is 18.2 Å². The minimum Gasteiger partial charge on any atom is -0.394 e. The normalized spacial score (nSPS) is 12.7. The Morgan fingerprint density at radius 1 is 1.29 bits per heavy atom. The Hall–Kier alpha value is -2.41. The van der Waals surface area contributed by atoms with Gasteiger partial charge >= 0.3 is 6.03 Å². The molecule has 0 radical (unpaired) electrons. The quantitative estimate of drug-likeness (QED) is 0.757. The van der Waals surface area contributed by atoms with E-state index in [9.17, 15) is 9.90 Å². The first-order valence-electron chi connectivity index (χ1n) is 7.97. The van der Waals surface area contributed by atoms with E-state index >= 15 is 0 Å². The summed E-state index contributed by atoms with van der Waals surface area (Å²) >= 11 is 0. The summed E-state index contributed by atoms with van der Waals surface area (Å²) in [5.41, 5.74) is 0.868. The van der Waals surface area contributed by atoms with Gasteiger partial charge < -0.3 is 10.4 Å². The molecule has 2 aromatic rings. The fourth-order valence-corrected chi connectivity index (χ4v) is 2.45. The summed E-state index contributed by atoms with van der Waals surface area (Å²) in [5.74, 6) is 0.575. The molecule has 2 heterocycles. The molecular formula is C17H25N5O2. The van der Waals surface area contributed by atoms with Crippen molar-refractivity contribution < 1.29 is 9.90 Å². The molecule has 3 N–H and O–H groups in total. The van der Waals surface area contributed by atoms with Gasteiger partial charge in [-0.3, -0.25) is 10.3 Å². The van der Waals surface area contributed by atoms with Crippen LogP contribution in [-0.2, 0) is 6.54 Å². The Morgan fingerprint density at radius 2 is 2.08 bits per heavy atom. The number of aliphatic hydroxyl groups is 1. The standard InChI is InChI=1S/C17H25N5O2/c1-17(2,3)10-14(12-23)20-16(24)21-15-7-9-19-22(15)11-13-6-4-5-8-18-13/h4-9,14,23H,10-12H2,1-3H3,(H2,20,21,24). The van der Waals surface area contributed by atoms with Crippen molar-refractivity contribution in [2.45, 2.75) is 39.8 Å². The van der Waals surface area contributed by atoms with Gasteiger partial charge in [0.05, 0.1) is 31.1 Å². The molecule has 2 aromatic heterocycles. The van der Waals surface area contributed by atoms with Gasteiger partial charge in [0, 0.05) is 12.3 Å². The summed E-state index contributed by atoms with van der Waals surface area (Å²) in [5, 5.41) is 19.2. The predicted octanol–water partition coefficient (Wildman–Crippen LogP) is 2.25. The van der Waals surface area contributed by atoms with Gasteiger partial charge in [-0.25, -0.2) is 9.48 Å². The number of aliphatic hydroxyl groups excluding tert-OH is 1. The lowest BCUT2D eigenvalue weighted by atomic mass is 9.88. The second kappa shape index (κ2) is 7.92. The minimum atomic E-state index is -0.360. The highest BCUT2D eigenvalue weighted by Gasteiger charge is 2.20. The molecule has 2 amide bonds. The first kappa shape index (κ1) is 17.9. The number of nitrogens with zero attached hydrogens (tertiary/aromatic N) is 3. The topological polar surface area (TPSA) is 92.1 Å². The number of aromatic nitrogens is 3. The van der Waals surface area contributed by atoms with Crippen molar-refractivity contribution in [2.75, 3.05) is 11.9 Å². The third-order valence-electron chi connectivity index (χ3n) is 3.41. The molecule has 1 atom stereocenters. The second-order valence-electron chi connectivity index (χ2n) is 6.94. The summed E-state index contributed by atoms with van der Waals surface area (Å²) in [6, 6.07) is 6.72. The molecule has 0 spiro atoms. The number of rotatable bonds is 6.